The van der Waals surface area contributed by atoms with Gasteiger partial charge in [0.15, 0.2) is 18.1 Å². The number of aromatic amines is 1. The van der Waals surface area contributed by atoms with Gasteiger partial charge >= 0.3 is 17.9 Å². The van der Waals surface area contributed by atoms with Crippen molar-refractivity contribution >= 4 is 44.7 Å². The second-order valence-corrected chi connectivity index (χ2v) is 18.2. The molecule has 0 aliphatic heterocycles. The summed E-state index contributed by atoms with van der Waals surface area (Å²) in [5, 5.41) is 1.11. The van der Waals surface area contributed by atoms with Crippen LogP contribution in [0.25, 0.3) is 10.9 Å². The van der Waals surface area contributed by atoms with E-state index >= 15 is 0 Å². The fraction of sp³-hybridized carbons (Fsp3) is 0.523. The molecule has 1 N–H and O–H groups in total. The van der Waals surface area contributed by atoms with E-state index in [9.17, 15) is 14.4 Å². The van der Waals surface area contributed by atoms with Crippen molar-refractivity contribution < 1.29 is 28.6 Å². The quantitative estimate of drug-likeness (QED) is 0.120. The van der Waals surface area contributed by atoms with Crippen LogP contribution in [0.1, 0.15) is 122 Å². The molecule has 7 rings (SSSR count). The third-order valence-electron chi connectivity index (χ3n) is 14.4. The molecule has 274 valence electrons. The fourth-order valence-corrected chi connectivity index (χ4v) is 11.7. The molecule has 7 atom stereocenters. The molecule has 3 aromatic rings. The van der Waals surface area contributed by atoms with Gasteiger partial charge in [-0.25, -0.2) is 0 Å². The maximum absolute atomic E-state index is 13.6. The second-order valence-electron chi connectivity index (χ2n) is 17.3. The topological polar surface area (TPSA) is 94.7 Å². The Balaban J connectivity index is 1.45. The number of aromatic nitrogens is 1. The second kappa shape index (κ2) is 12.4. The number of carbonyl (C=O) groups is 3. The van der Waals surface area contributed by atoms with Crippen molar-refractivity contribution in [1.82, 2.24) is 4.98 Å². The van der Waals surface area contributed by atoms with Crippen LogP contribution in [-0.4, -0.2) is 29.5 Å². The van der Waals surface area contributed by atoms with Crippen LogP contribution in [0.4, 0.5) is 0 Å². The molecule has 4 aliphatic carbocycles. The molecule has 52 heavy (non-hydrogen) atoms. The van der Waals surface area contributed by atoms with Crippen LogP contribution < -0.4 is 9.47 Å². The van der Waals surface area contributed by atoms with E-state index in [1.54, 1.807) is 0 Å². The number of carbonyl (C=O) groups excluding carboxylic acids is 3. The van der Waals surface area contributed by atoms with Crippen molar-refractivity contribution in [3.63, 3.8) is 0 Å². The van der Waals surface area contributed by atoms with Crippen LogP contribution in [-0.2, 0) is 24.5 Å². The molecular weight excluding hydrogens is 718 g/mol. The van der Waals surface area contributed by atoms with Gasteiger partial charge in [-0.3, -0.25) is 14.4 Å². The molecule has 8 heteroatoms. The summed E-state index contributed by atoms with van der Waals surface area (Å²) < 4.78 is 18.3. The average molecular weight is 769 g/mol. The van der Waals surface area contributed by atoms with E-state index in [-0.39, 0.29) is 52.2 Å². The smallest absolute Gasteiger partial charge is 0.312 e. The van der Waals surface area contributed by atoms with Gasteiger partial charge in [0, 0.05) is 52.3 Å². The van der Waals surface area contributed by atoms with E-state index in [1.165, 1.54) is 19.4 Å². The Kier molecular flexibility index (Phi) is 8.69. The van der Waals surface area contributed by atoms with Crippen LogP contribution in [0.15, 0.2) is 46.6 Å². The highest BCUT2D eigenvalue weighted by molar-refractivity contribution is 9.10. The van der Waals surface area contributed by atoms with E-state index in [4.69, 9.17) is 20.6 Å². The number of halogens is 1. The number of rotatable bonds is 5. The van der Waals surface area contributed by atoms with Crippen molar-refractivity contribution in [2.75, 3.05) is 6.61 Å². The zero-order chi connectivity index (χ0) is 37.6. The van der Waals surface area contributed by atoms with Gasteiger partial charge in [0.25, 0.3) is 0 Å². The number of hydrogen-bond donors (Lipinski definition) is 1. The number of esters is 3. The summed E-state index contributed by atoms with van der Waals surface area (Å²) in [6.07, 6.45) is 16.6. The van der Waals surface area contributed by atoms with Gasteiger partial charge in [-0.1, -0.05) is 61.2 Å². The predicted octanol–water partition coefficient (Wildman–Crippen LogP) is 10.0. The van der Waals surface area contributed by atoms with Gasteiger partial charge in [0.2, 0.25) is 0 Å². The first-order chi connectivity index (χ1) is 24.4. The van der Waals surface area contributed by atoms with E-state index in [1.807, 2.05) is 19.1 Å². The van der Waals surface area contributed by atoms with Gasteiger partial charge < -0.3 is 19.2 Å². The third-order valence-corrected chi connectivity index (χ3v) is 14.9. The zero-order valence-electron chi connectivity index (χ0n) is 31.7. The first-order valence-electron chi connectivity index (χ1n) is 18.6. The number of terminal acetylenes is 1. The molecule has 0 saturated heterocycles. The summed E-state index contributed by atoms with van der Waals surface area (Å²) in [5.41, 5.74) is 5.31. The highest BCUT2D eigenvalue weighted by Crippen LogP contribution is 2.75. The van der Waals surface area contributed by atoms with Gasteiger partial charge in [-0.15, -0.1) is 6.42 Å². The fourth-order valence-electron chi connectivity index (χ4n) is 11.3. The Labute approximate surface area is 315 Å². The normalized spacial score (nSPS) is 33.3. The maximum Gasteiger partial charge on any atom is 0.312 e. The lowest BCUT2D eigenvalue weighted by Gasteiger charge is -2.70. The number of nitrogens with one attached hydrogen (secondary N) is 1. The zero-order valence-corrected chi connectivity index (χ0v) is 33.3. The maximum atomic E-state index is 13.6. The molecule has 0 unspecified atom stereocenters. The van der Waals surface area contributed by atoms with E-state index in [0.29, 0.717) is 0 Å². The van der Waals surface area contributed by atoms with Crippen LogP contribution in [0, 0.1) is 46.8 Å². The van der Waals surface area contributed by atoms with Gasteiger partial charge in [0.1, 0.15) is 0 Å². The minimum absolute atomic E-state index is 0.00426. The Morgan fingerprint density at radius 2 is 1.67 bits per heavy atom. The molecule has 3 saturated carbocycles. The van der Waals surface area contributed by atoms with E-state index in [0.717, 1.165) is 82.6 Å². The van der Waals surface area contributed by atoms with E-state index < -0.39 is 22.8 Å². The summed E-state index contributed by atoms with van der Waals surface area (Å²) in [6.45, 7) is 16.6. The molecule has 1 aromatic heterocycles. The van der Waals surface area contributed by atoms with Crippen molar-refractivity contribution in [3.8, 4) is 23.8 Å². The van der Waals surface area contributed by atoms with Crippen LogP contribution in [0.3, 0.4) is 0 Å². The molecule has 4 aliphatic rings. The highest BCUT2D eigenvalue weighted by Gasteiger charge is 2.67. The Bertz CT molecular complexity index is 2110. The molecule has 1 heterocycles. The van der Waals surface area contributed by atoms with Crippen molar-refractivity contribution in [2.45, 2.75) is 112 Å². The minimum atomic E-state index is -0.598. The van der Waals surface area contributed by atoms with Crippen LogP contribution in [0.2, 0.25) is 0 Å². The predicted molar refractivity (Wildman–Crippen MR) is 205 cm³/mol. The monoisotopic (exact) mass is 767 g/mol. The molecule has 2 aromatic carbocycles. The number of ether oxygens (including phenoxy) is 3. The lowest BCUT2D eigenvalue weighted by atomic mass is 9.34. The molecule has 0 spiro atoms. The largest absolute Gasteiger partial charge is 0.452 e. The van der Waals surface area contributed by atoms with Crippen LogP contribution in [0.5, 0.6) is 11.5 Å². The third kappa shape index (κ3) is 5.31. The Morgan fingerprint density at radius 1 is 0.962 bits per heavy atom. The number of benzene rings is 2. The van der Waals surface area contributed by atoms with Gasteiger partial charge in [0.05, 0.1) is 5.41 Å². The Morgan fingerprint density at radius 3 is 2.37 bits per heavy atom. The van der Waals surface area contributed by atoms with Crippen molar-refractivity contribution in [1.29, 1.82) is 0 Å². The number of H-pyrrole nitrogens is 1. The number of fused-ring (bicyclic) bond motifs is 8. The number of allylic oxidation sites excluding steroid dienone is 2. The summed E-state index contributed by atoms with van der Waals surface area (Å²) in [5.74, 6) is 2.00. The molecule has 0 radical (unpaired) electrons. The van der Waals surface area contributed by atoms with Gasteiger partial charge in [-0.2, -0.15) is 0 Å². The number of hydrogen-bond acceptors (Lipinski definition) is 6. The lowest BCUT2D eigenvalue weighted by Crippen LogP contribution is -2.62. The Hall–Kier alpha value is -3.83. The molecule has 0 amide bonds. The summed E-state index contributed by atoms with van der Waals surface area (Å²) in [4.78, 5) is 42.1. The SMILES string of the molecule is C#CCOC(=O)[C@]1(C)CC[C@]2(C)CC[C@]3(C)C4=C[C@@H](c5c[nH]c6ccc(Br)cc56)c5c(cc(OC(C)=O)c(OC(C)=O)c5C)[C@]4(C)CC[C@@]3(C)[C@@H]2C1. The first-order valence-corrected chi connectivity index (χ1v) is 19.3. The average Bonchev–Trinajstić information content (AvgIpc) is 3.50. The summed E-state index contributed by atoms with van der Waals surface area (Å²) in [7, 11) is 0. The molecule has 7 nitrogen and oxygen atoms in total. The molecule has 0 bridgehead atoms. The minimum Gasteiger partial charge on any atom is -0.452 e. The van der Waals surface area contributed by atoms with Gasteiger partial charge in [-0.05, 0) is 122 Å². The van der Waals surface area contributed by atoms with Crippen molar-refractivity contribution in [3.05, 3.63) is 68.8 Å². The first kappa shape index (κ1) is 36.5. The summed E-state index contributed by atoms with van der Waals surface area (Å²) >= 11 is 3.71. The van der Waals surface area contributed by atoms with Crippen LogP contribution >= 0.6 is 15.9 Å². The molecule has 3 fully saturated rings. The molecular formula is C44H50BrNO6. The van der Waals surface area contributed by atoms with Crippen molar-refractivity contribution in [2.24, 2.45) is 27.6 Å². The summed E-state index contributed by atoms with van der Waals surface area (Å²) in [6, 6.07) is 8.25. The standard InChI is InChI=1S/C44H50BrNO6/c1-10-19-50-39(49)41(6)14-13-40(5)15-17-43(8)35-21-30(31-24-46-33-12-11-28(45)20-29(31)33)37-25(2)38(52-27(4)48)34(51-26(3)47)22-32(37)42(35,7)16-18-44(43,9)36(40)23-41/h1,11-12,20-22,24,30,36,46H,13-19,23H2,2-9H3/t30-,36+,40+,41+,42-,43+,44-/m0/s1. The van der Waals surface area contributed by atoms with E-state index in [2.05, 4.69) is 85.9 Å². The lowest BCUT2D eigenvalue weighted by molar-refractivity contribution is -0.180. The highest BCUT2D eigenvalue weighted by atomic mass is 79.9.